The number of oxazole rings is 1. The topological polar surface area (TPSA) is 110 Å². The summed E-state index contributed by atoms with van der Waals surface area (Å²) in [5, 5.41) is 4.49. The molecule has 24 rings (SSSR count). The Morgan fingerprint density at radius 2 is 0.706 bits per heavy atom. The molecule has 20 aromatic rings. The molecular weight excluding hydrogens is 1280 g/mol. The first-order valence-electron chi connectivity index (χ1n) is 35.7. The van der Waals surface area contributed by atoms with Crippen molar-refractivity contribution in [2.24, 2.45) is 14.0 Å². The van der Waals surface area contributed by atoms with E-state index in [-0.39, 0.29) is 0 Å². The highest BCUT2D eigenvalue weighted by Crippen LogP contribution is 2.43. The average molecular weight is 1340 g/mol. The standard InChI is InChI=1S/C27H19N4.2C22H17N4.C15H9N2OS/c1-3-10-20(11-4-1)30-24-17-28-16-15-23(24)25-27(30)29-18-19-9-7-8-14-22(19)26(29)31(25)21-12-5-2-6-13-21;2*1-24-19-13-23-12-11-18(19)20-22(24)25-14-15-7-5-6-10-17(15)21(25)26(20)16-8-3-2-4-9-16;1-2-4-10-9(3-1)8-17-14(10)18-13-11-5-6-16-7-12(11)19-15(13)17/h1-17H,18H2;2*2-13H,14H2,1H3;1-7H,8H2/q4*+1/i;1D3;;. The third kappa shape index (κ3) is 8.47. The van der Waals surface area contributed by atoms with E-state index in [1.54, 1.807) is 23.7 Å². The van der Waals surface area contributed by atoms with Crippen LogP contribution in [0.15, 0.2) is 297 Å². The fourth-order valence-corrected chi connectivity index (χ4v) is 17.5. The third-order valence-corrected chi connectivity index (χ3v) is 21.9. The number of hydrogen-bond acceptors (Lipinski definition) is 6. The summed E-state index contributed by atoms with van der Waals surface area (Å²) in [5.74, 6) is 4.48. The number of benzene rings is 8. The van der Waals surface area contributed by atoms with Crippen molar-refractivity contribution in [3.8, 4) is 68.4 Å². The van der Waals surface area contributed by atoms with E-state index in [2.05, 4.69) is 268 Å². The minimum Gasteiger partial charge on any atom is -0.396 e. The first-order chi connectivity index (χ1) is 51.7. The van der Waals surface area contributed by atoms with Gasteiger partial charge in [0.25, 0.3) is 16.9 Å². The van der Waals surface area contributed by atoms with Gasteiger partial charge in [0.1, 0.15) is 39.3 Å². The van der Waals surface area contributed by atoms with Gasteiger partial charge < -0.3 is 4.42 Å². The maximum atomic E-state index is 8.24. The summed E-state index contributed by atoms with van der Waals surface area (Å²) < 4.78 is 54.4. The summed E-state index contributed by atoms with van der Waals surface area (Å²) >= 11 is 1.75. The zero-order valence-electron chi connectivity index (χ0n) is 58.1. The van der Waals surface area contributed by atoms with Gasteiger partial charge >= 0.3 is 10.7 Å². The molecule has 0 aliphatic carbocycles. The predicted octanol–water partition coefficient (Wildman–Crippen LogP) is 16.3. The van der Waals surface area contributed by atoms with Crippen molar-refractivity contribution in [3.05, 3.63) is 314 Å². The first-order valence-corrected chi connectivity index (χ1v) is 35.0. The number of aryl methyl sites for hydroxylation is 2. The molecule has 0 spiro atoms. The molecule has 4 aliphatic heterocycles. The largest absolute Gasteiger partial charge is 0.396 e. The Morgan fingerprint density at radius 3 is 1.19 bits per heavy atom. The van der Waals surface area contributed by atoms with Crippen LogP contribution in [0.3, 0.4) is 0 Å². The van der Waals surface area contributed by atoms with Crippen molar-refractivity contribution >= 4 is 98.0 Å². The molecule has 0 radical (unpaired) electrons. The zero-order valence-corrected chi connectivity index (χ0v) is 55.9. The third-order valence-electron chi connectivity index (χ3n) is 20.7. The zero-order chi connectivity index (χ0) is 69.8. The Bertz CT molecular complexity index is 6920. The van der Waals surface area contributed by atoms with Crippen LogP contribution >= 0.6 is 11.3 Å². The molecule has 0 amide bonds. The molecule has 0 bridgehead atoms. The van der Waals surface area contributed by atoms with Gasteiger partial charge in [-0.2, -0.15) is 0 Å². The van der Waals surface area contributed by atoms with Crippen LogP contribution < -0.4 is 18.3 Å². The number of para-hydroxylation sites is 4. The quantitative estimate of drug-likeness (QED) is 0.163. The fraction of sp³-hybridized carbons (Fsp3) is 0.0698. The number of aromatic nitrogens is 14. The van der Waals surface area contributed by atoms with Crippen LogP contribution in [0.25, 0.3) is 155 Å². The number of imidazole rings is 3. The van der Waals surface area contributed by atoms with Gasteiger partial charge in [0.05, 0.1) is 99.5 Å². The summed E-state index contributed by atoms with van der Waals surface area (Å²) in [6, 6.07) is 84.4. The second-order valence-corrected chi connectivity index (χ2v) is 27.3. The average Bonchev–Trinajstić information content (AvgIpc) is 1.55. The summed E-state index contributed by atoms with van der Waals surface area (Å²) in [6.45, 7) is 0.986. The Balaban J connectivity index is 0.0000000913. The number of thiophene rings is 1. The molecule has 4 aliphatic rings. The van der Waals surface area contributed by atoms with Crippen molar-refractivity contribution in [1.82, 2.24) is 47.3 Å². The smallest absolute Gasteiger partial charge is 0.383 e. The van der Waals surface area contributed by atoms with Crippen molar-refractivity contribution in [1.29, 1.82) is 0 Å². The van der Waals surface area contributed by atoms with E-state index < -0.39 is 6.98 Å². The second kappa shape index (κ2) is 22.7. The maximum Gasteiger partial charge on any atom is 0.383 e. The first kappa shape index (κ1) is 54.8. The molecule has 0 atom stereocenters. The van der Waals surface area contributed by atoms with E-state index in [1.165, 1.54) is 109 Å². The Labute approximate surface area is 591 Å². The van der Waals surface area contributed by atoms with Gasteiger partial charge in [-0.1, -0.05) is 157 Å². The van der Waals surface area contributed by atoms with Crippen LogP contribution in [0.5, 0.6) is 0 Å². The van der Waals surface area contributed by atoms with E-state index in [9.17, 15) is 0 Å². The van der Waals surface area contributed by atoms with Crippen LogP contribution in [0.4, 0.5) is 0 Å². The van der Waals surface area contributed by atoms with E-state index >= 15 is 0 Å². The van der Waals surface area contributed by atoms with Gasteiger partial charge in [-0.3, -0.25) is 29.1 Å². The van der Waals surface area contributed by atoms with Crippen LogP contribution in [0.2, 0.25) is 0 Å². The van der Waals surface area contributed by atoms with Crippen LogP contribution in [0, 0.1) is 0 Å². The summed E-state index contributed by atoms with van der Waals surface area (Å²) in [5.41, 5.74) is 25.1. The molecule has 16 heterocycles. The van der Waals surface area contributed by atoms with E-state index in [0.717, 1.165) is 81.2 Å². The van der Waals surface area contributed by atoms with Gasteiger partial charge in [0, 0.05) is 58.6 Å². The van der Waals surface area contributed by atoms with Crippen molar-refractivity contribution in [3.63, 3.8) is 0 Å². The van der Waals surface area contributed by atoms with Crippen molar-refractivity contribution in [2.75, 3.05) is 0 Å². The van der Waals surface area contributed by atoms with E-state index in [1.807, 2.05) is 79.6 Å². The molecule has 8 aromatic carbocycles. The lowest BCUT2D eigenvalue weighted by molar-refractivity contribution is -0.648. The molecule has 0 saturated carbocycles. The van der Waals surface area contributed by atoms with Crippen molar-refractivity contribution in [2.45, 2.75) is 26.2 Å². The van der Waals surface area contributed by atoms with E-state index in [4.69, 9.17) is 8.53 Å². The molecule has 12 aromatic heterocycles. The molecule has 0 saturated heterocycles. The minimum absolute atomic E-state index is 0.619. The Hall–Kier alpha value is -13.2. The number of hydrogen-bond donors (Lipinski definition) is 0. The van der Waals surface area contributed by atoms with Gasteiger partial charge in [0.15, 0.2) is 23.1 Å². The molecule has 0 N–H and O–H groups in total. The minimum atomic E-state index is -2.32. The van der Waals surface area contributed by atoms with Gasteiger partial charge in [-0.15, -0.1) is 4.57 Å². The lowest BCUT2D eigenvalue weighted by Gasteiger charge is -2.04. The summed E-state index contributed by atoms with van der Waals surface area (Å²) in [6.07, 6.45) is 14.8. The van der Waals surface area contributed by atoms with Crippen LogP contribution in [0.1, 0.15) is 26.4 Å². The highest BCUT2D eigenvalue weighted by Gasteiger charge is 2.41. The number of rotatable bonds is 4. The second-order valence-electron chi connectivity index (χ2n) is 26.2. The molecule has 484 valence electrons. The molecular formula is C86H62N14OS+4. The molecule has 0 fully saturated rings. The van der Waals surface area contributed by atoms with Gasteiger partial charge in [-0.25, -0.2) is 32.0 Å². The Morgan fingerprint density at radius 1 is 0.353 bits per heavy atom. The van der Waals surface area contributed by atoms with Gasteiger partial charge in [0.2, 0.25) is 23.1 Å². The SMILES string of the molecule is Cn1c2cnccc2c2c1[n+]1c(n2-c2ccccc2)-c2ccccc2C1.[2H]C([2H])([2H])n1c2cnccc2c2c1[n+]1c(n2-c2ccccc2)-c2ccccc2C1.c1ccc(-n2c3[n+](c4c2c2ccncc2n4-c2ccccc2)Cc2ccccc2-3)cc1.c1ccc2c(c1)C[n+]1c-2oc2c3ccncc3sc21. The fourth-order valence-electron chi connectivity index (χ4n) is 16.4. The lowest BCUT2D eigenvalue weighted by Crippen LogP contribution is -2.33. The molecule has 0 unspecified atom stereocenters. The van der Waals surface area contributed by atoms with Crippen molar-refractivity contribution < 1.29 is 26.8 Å². The lowest BCUT2D eigenvalue weighted by atomic mass is 10.1. The highest BCUT2D eigenvalue weighted by atomic mass is 32.1. The maximum absolute atomic E-state index is 8.24. The monoisotopic (exact) mass is 1340 g/mol. The summed E-state index contributed by atoms with van der Waals surface area (Å²) in [4.78, 5) is 18.4. The van der Waals surface area contributed by atoms with Crippen LogP contribution in [-0.2, 0) is 40.2 Å². The normalized spacial score (nSPS) is 13.2. The number of pyridine rings is 4. The Kier molecular flexibility index (Phi) is 12.2. The molecule has 102 heavy (non-hydrogen) atoms. The number of nitrogens with zero attached hydrogens (tertiary/aromatic N) is 14. The molecule has 16 heteroatoms. The predicted molar refractivity (Wildman–Crippen MR) is 401 cm³/mol. The van der Waals surface area contributed by atoms with Crippen LogP contribution in [-0.4, -0.2) is 47.3 Å². The van der Waals surface area contributed by atoms with E-state index in [0.29, 0.717) is 17.7 Å². The molecule has 15 nitrogen and oxygen atoms in total. The highest BCUT2D eigenvalue weighted by molar-refractivity contribution is 7.25. The number of fused-ring (bicyclic) bond motifs is 28. The van der Waals surface area contributed by atoms with Gasteiger partial charge in [-0.05, 0) is 97.1 Å². The summed E-state index contributed by atoms with van der Waals surface area (Å²) in [7, 11) is 2.14.